The molecule has 1 nitrogen and oxygen atoms in total. The van der Waals surface area contributed by atoms with Crippen molar-refractivity contribution in [2.24, 2.45) is 5.92 Å². The number of rotatable bonds is 7. The Morgan fingerprint density at radius 2 is 1.64 bits per heavy atom. The average molecular weight is 217 g/mol. The second-order valence-electron chi connectivity index (χ2n) is 4.63. The minimum atomic E-state index is 0.647. The van der Waals surface area contributed by atoms with Crippen LogP contribution in [0.25, 0.3) is 0 Å². The van der Waals surface area contributed by atoms with Gasteiger partial charge in [-0.05, 0) is 33.1 Å². The Kier molecular flexibility index (Phi) is 7.75. The van der Waals surface area contributed by atoms with Gasteiger partial charge in [0.2, 0.25) is 0 Å². The van der Waals surface area contributed by atoms with Gasteiger partial charge >= 0.3 is 0 Å². The minimum absolute atomic E-state index is 0.647. The molecule has 0 bridgehead atoms. The van der Waals surface area contributed by atoms with Crippen molar-refractivity contribution in [1.29, 1.82) is 0 Å². The molecule has 0 saturated heterocycles. The van der Waals surface area contributed by atoms with E-state index in [4.69, 9.17) is 0 Å². The summed E-state index contributed by atoms with van der Waals surface area (Å²) in [6.07, 6.45) is 2.63. The van der Waals surface area contributed by atoms with Crippen LogP contribution in [-0.2, 0) is 0 Å². The first kappa shape index (κ1) is 14.3. The fourth-order valence-electron chi connectivity index (χ4n) is 1.35. The van der Waals surface area contributed by atoms with Gasteiger partial charge < -0.3 is 0 Å². The molecule has 0 aromatic heterocycles. The van der Waals surface area contributed by atoms with E-state index in [0.29, 0.717) is 12.1 Å². The fourth-order valence-corrected chi connectivity index (χ4v) is 2.75. The Hall–Kier alpha value is 0.310. The Bertz CT molecular complexity index is 134. The normalized spacial score (nSPS) is 14.4. The zero-order valence-corrected chi connectivity index (χ0v) is 11.5. The fraction of sp³-hybridized carbons (Fsp3) is 1.00. The van der Waals surface area contributed by atoms with E-state index in [9.17, 15) is 0 Å². The molecule has 0 spiro atoms. The molecule has 0 N–H and O–H groups in total. The molecule has 0 aliphatic heterocycles. The van der Waals surface area contributed by atoms with Crippen molar-refractivity contribution in [3.05, 3.63) is 0 Å². The zero-order chi connectivity index (χ0) is 11.1. The Labute approximate surface area is 94.8 Å². The second-order valence-corrected chi connectivity index (χ2v) is 5.71. The summed E-state index contributed by atoms with van der Waals surface area (Å²) < 4.78 is 2.56. The molecule has 0 fully saturated rings. The van der Waals surface area contributed by atoms with Crippen molar-refractivity contribution >= 4 is 11.9 Å². The van der Waals surface area contributed by atoms with Crippen molar-refractivity contribution in [3.63, 3.8) is 0 Å². The molecular formula is C12H27NS. The molecule has 0 heterocycles. The minimum Gasteiger partial charge on any atom is -0.245 e. The van der Waals surface area contributed by atoms with Gasteiger partial charge in [-0.2, -0.15) is 0 Å². The highest BCUT2D eigenvalue weighted by molar-refractivity contribution is 7.97. The summed E-state index contributed by atoms with van der Waals surface area (Å²) >= 11 is 2.02. The third kappa shape index (κ3) is 5.26. The summed E-state index contributed by atoms with van der Waals surface area (Å²) in [6, 6.07) is 1.33. The maximum absolute atomic E-state index is 2.56. The quantitative estimate of drug-likeness (QED) is 0.465. The van der Waals surface area contributed by atoms with E-state index < -0.39 is 0 Å². The SMILES string of the molecule is CCCCSN(C(C)C)C(C)C(C)C. The molecule has 0 aliphatic rings. The van der Waals surface area contributed by atoms with Crippen LogP contribution in [0.2, 0.25) is 0 Å². The van der Waals surface area contributed by atoms with E-state index in [0.717, 1.165) is 5.92 Å². The highest BCUT2D eigenvalue weighted by Gasteiger charge is 2.19. The average Bonchev–Trinajstić information content (AvgIpc) is 2.10. The summed E-state index contributed by atoms with van der Waals surface area (Å²) in [7, 11) is 0. The summed E-state index contributed by atoms with van der Waals surface area (Å²) in [4.78, 5) is 0. The smallest absolute Gasteiger partial charge is 0.0200 e. The predicted octanol–water partition coefficient (Wildman–Crippen LogP) is 4.19. The topological polar surface area (TPSA) is 3.24 Å². The van der Waals surface area contributed by atoms with Gasteiger partial charge in [0.1, 0.15) is 0 Å². The number of nitrogens with zero attached hydrogens (tertiary/aromatic N) is 1. The molecular weight excluding hydrogens is 190 g/mol. The number of hydrogen-bond acceptors (Lipinski definition) is 2. The monoisotopic (exact) mass is 217 g/mol. The van der Waals surface area contributed by atoms with E-state index >= 15 is 0 Å². The van der Waals surface area contributed by atoms with E-state index in [1.54, 1.807) is 0 Å². The van der Waals surface area contributed by atoms with Crippen LogP contribution in [0.3, 0.4) is 0 Å². The Morgan fingerprint density at radius 3 is 2.00 bits per heavy atom. The van der Waals surface area contributed by atoms with Crippen molar-refractivity contribution in [1.82, 2.24) is 4.31 Å². The summed E-state index contributed by atoms with van der Waals surface area (Å²) in [5.74, 6) is 2.01. The molecule has 0 aromatic rings. The highest BCUT2D eigenvalue weighted by Crippen LogP contribution is 2.23. The lowest BCUT2D eigenvalue weighted by molar-refractivity contribution is 0.260. The second kappa shape index (κ2) is 7.58. The van der Waals surface area contributed by atoms with Gasteiger partial charge in [0.25, 0.3) is 0 Å². The van der Waals surface area contributed by atoms with Gasteiger partial charge in [0.15, 0.2) is 0 Å². The summed E-state index contributed by atoms with van der Waals surface area (Å²) in [6.45, 7) is 13.8. The lowest BCUT2D eigenvalue weighted by Gasteiger charge is -2.33. The zero-order valence-electron chi connectivity index (χ0n) is 10.7. The van der Waals surface area contributed by atoms with Gasteiger partial charge in [-0.15, -0.1) is 0 Å². The molecule has 0 aromatic carbocycles. The molecule has 0 amide bonds. The molecule has 14 heavy (non-hydrogen) atoms. The predicted molar refractivity (Wildman–Crippen MR) is 68.6 cm³/mol. The molecule has 0 rings (SSSR count). The third-order valence-electron chi connectivity index (χ3n) is 2.61. The molecule has 2 heteroatoms. The lowest BCUT2D eigenvalue weighted by atomic mass is 10.1. The van der Waals surface area contributed by atoms with E-state index in [-0.39, 0.29) is 0 Å². The van der Waals surface area contributed by atoms with Crippen LogP contribution in [0.1, 0.15) is 54.4 Å². The Morgan fingerprint density at radius 1 is 1.07 bits per heavy atom. The van der Waals surface area contributed by atoms with Gasteiger partial charge in [-0.1, -0.05) is 39.1 Å². The maximum atomic E-state index is 2.56. The van der Waals surface area contributed by atoms with Crippen LogP contribution in [0.15, 0.2) is 0 Å². The van der Waals surface area contributed by atoms with Gasteiger partial charge in [-0.25, -0.2) is 4.31 Å². The first-order valence-corrected chi connectivity index (χ1v) is 6.86. The summed E-state index contributed by atoms with van der Waals surface area (Å²) in [5, 5.41) is 0. The van der Waals surface area contributed by atoms with E-state index in [1.165, 1.54) is 18.6 Å². The van der Waals surface area contributed by atoms with Crippen molar-refractivity contribution in [2.45, 2.75) is 66.5 Å². The summed E-state index contributed by atoms with van der Waals surface area (Å²) in [5.41, 5.74) is 0. The van der Waals surface area contributed by atoms with Crippen LogP contribution in [0, 0.1) is 5.92 Å². The lowest BCUT2D eigenvalue weighted by Crippen LogP contribution is -2.36. The molecule has 0 aliphatic carbocycles. The van der Waals surface area contributed by atoms with Crippen LogP contribution < -0.4 is 0 Å². The molecule has 1 unspecified atom stereocenters. The largest absolute Gasteiger partial charge is 0.245 e. The van der Waals surface area contributed by atoms with Gasteiger partial charge in [0, 0.05) is 17.8 Å². The van der Waals surface area contributed by atoms with Crippen LogP contribution >= 0.6 is 11.9 Å². The number of hydrogen-bond donors (Lipinski definition) is 0. The van der Waals surface area contributed by atoms with Gasteiger partial charge in [0.05, 0.1) is 0 Å². The van der Waals surface area contributed by atoms with E-state index in [2.05, 4.69) is 45.8 Å². The first-order chi connectivity index (χ1) is 6.50. The molecule has 0 radical (unpaired) electrons. The first-order valence-electron chi connectivity index (χ1n) is 5.91. The van der Waals surface area contributed by atoms with Crippen LogP contribution in [0.4, 0.5) is 0 Å². The van der Waals surface area contributed by atoms with Crippen molar-refractivity contribution < 1.29 is 0 Å². The standard InChI is InChI=1S/C12H27NS/c1-7-8-9-14-13(11(4)5)12(6)10(2)3/h10-12H,7-9H2,1-6H3. The number of unbranched alkanes of at least 4 members (excludes halogenated alkanes) is 1. The Balaban J connectivity index is 4.01. The van der Waals surface area contributed by atoms with Crippen molar-refractivity contribution in [3.8, 4) is 0 Å². The van der Waals surface area contributed by atoms with Gasteiger partial charge in [-0.3, -0.25) is 0 Å². The van der Waals surface area contributed by atoms with Crippen LogP contribution in [0.5, 0.6) is 0 Å². The molecule has 1 atom stereocenters. The van der Waals surface area contributed by atoms with E-state index in [1.807, 2.05) is 11.9 Å². The van der Waals surface area contributed by atoms with Crippen LogP contribution in [-0.4, -0.2) is 22.1 Å². The highest BCUT2D eigenvalue weighted by atomic mass is 32.2. The molecule has 0 saturated carbocycles. The third-order valence-corrected chi connectivity index (χ3v) is 4.14. The maximum Gasteiger partial charge on any atom is 0.0200 e. The molecule has 86 valence electrons. The van der Waals surface area contributed by atoms with Crippen molar-refractivity contribution in [2.75, 3.05) is 5.75 Å².